The van der Waals surface area contributed by atoms with Crippen molar-refractivity contribution in [3.63, 3.8) is 0 Å². The molecule has 0 fully saturated rings. The van der Waals surface area contributed by atoms with Crippen LogP contribution in [0.15, 0.2) is 47.4 Å². The molecule has 0 spiro atoms. The highest BCUT2D eigenvalue weighted by Gasteiger charge is 2.17. The van der Waals surface area contributed by atoms with E-state index >= 15 is 0 Å². The number of amides is 1. The monoisotopic (exact) mass is 363 g/mol. The minimum absolute atomic E-state index is 0.164. The number of anilines is 1. The van der Waals surface area contributed by atoms with Crippen molar-refractivity contribution in [3.05, 3.63) is 59.4 Å². The summed E-state index contributed by atoms with van der Waals surface area (Å²) < 4.78 is 30.4. The Kier molecular flexibility index (Phi) is 6.41. The van der Waals surface area contributed by atoms with Crippen molar-refractivity contribution in [3.8, 4) is 0 Å². The maximum absolute atomic E-state index is 13.5. The summed E-state index contributed by atoms with van der Waals surface area (Å²) in [6.45, 7) is 2.83. The lowest BCUT2D eigenvalue weighted by atomic mass is 10.2. The van der Waals surface area contributed by atoms with Crippen molar-refractivity contribution < 1.29 is 22.9 Å². The first kappa shape index (κ1) is 18.8. The van der Waals surface area contributed by atoms with E-state index in [2.05, 4.69) is 5.32 Å². The molecule has 0 aliphatic heterocycles. The van der Waals surface area contributed by atoms with Crippen molar-refractivity contribution >= 4 is 28.4 Å². The van der Waals surface area contributed by atoms with Crippen LogP contribution >= 0.6 is 0 Å². The molecule has 2 aromatic rings. The second-order valence-corrected chi connectivity index (χ2v) is 6.93. The van der Waals surface area contributed by atoms with Crippen LogP contribution in [-0.4, -0.2) is 28.4 Å². The highest BCUT2D eigenvalue weighted by Crippen LogP contribution is 2.16. The minimum Gasteiger partial charge on any atom is -0.452 e. The molecule has 25 heavy (non-hydrogen) atoms. The number of rotatable bonds is 6. The molecular formula is C18H18FNO4S. The molecule has 2 rings (SSSR count). The number of hydrogen-bond donors (Lipinski definition) is 1. The first-order chi connectivity index (χ1) is 11.9. The van der Waals surface area contributed by atoms with Crippen LogP contribution in [0.2, 0.25) is 0 Å². The molecule has 0 unspecified atom stereocenters. The Balaban J connectivity index is 1.99. The molecule has 1 amide bonds. The minimum atomic E-state index is -1.32. The second-order valence-electron chi connectivity index (χ2n) is 5.22. The lowest BCUT2D eigenvalue weighted by molar-refractivity contribution is -0.119. The van der Waals surface area contributed by atoms with Crippen LogP contribution in [0, 0.1) is 12.7 Å². The van der Waals surface area contributed by atoms with E-state index in [0.29, 0.717) is 16.2 Å². The zero-order valence-corrected chi connectivity index (χ0v) is 14.7. The molecule has 2 aromatic carbocycles. The van der Waals surface area contributed by atoms with E-state index in [1.165, 1.54) is 18.2 Å². The maximum atomic E-state index is 13.5. The van der Waals surface area contributed by atoms with E-state index in [1.54, 1.807) is 38.1 Å². The summed E-state index contributed by atoms with van der Waals surface area (Å²) in [6, 6.07) is 10.7. The number of esters is 1. The number of carbonyl (C=O) groups excluding carboxylic acids is 2. The maximum Gasteiger partial charge on any atom is 0.339 e. The van der Waals surface area contributed by atoms with Crippen molar-refractivity contribution in [2.45, 2.75) is 18.7 Å². The average Bonchev–Trinajstić information content (AvgIpc) is 2.62. The van der Waals surface area contributed by atoms with Gasteiger partial charge in [-0.2, -0.15) is 0 Å². The van der Waals surface area contributed by atoms with Crippen LogP contribution in [0.5, 0.6) is 0 Å². The van der Waals surface area contributed by atoms with Gasteiger partial charge in [0.25, 0.3) is 5.91 Å². The van der Waals surface area contributed by atoms with Gasteiger partial charge in [-0.1, -0.05) is 25.1 Å². The zero-order valence-electron chi connectivity index (χ0n) is 13.9. The third kappa shape index (κ3) is 4.96. The Morgan fingerprint density at radius 3 is 2.60 bits per heavy atom. The molecule has 0 aliphatic carbocycles. The quantitative estimate of drug-likeness (QED) is 0.801. The predicted octanol–water partition coefficient (Wildman–Crippen LogP) is 3.06. The number of aryl methyl sites for hydroxylation is 1. The van der Waals surface area contributed by atoms with Gasteiger partial charge in [-0.05, 0) is 36.8 Å². The van der Waals surface area contributed by atoms with E-state index in [1.807, 2.05) is 0 Å². The first-order valence-electron chi connectivity index (χ1n) is 7.63. The SMILES string of the molecule is CC[S@@](=O)c1ccccc1C(=O)OCC(=O)Nc1ccc(C)c(F)c1. The Morgan fingerprint density at radius 2 is 1.92 bits per heavy atom. The average molecular weight is 363 g/mol. The van der Waals surface area contributed by atoms with Crippen LogP contribution in [0.1, 0.15) is 22.8 Å². The number of halogens is 1. The van der Waals surface area contributed by atoms with Crippen LogP contribution in [0.3, 0.4) is 0 Å². The predicted molar refractivity (Wildman–Crippen MR) is 93.4 cm³/mol. The summed E-state index contributed by atoms with van der Waals surface area (Å²) in [6.07, 6.45) is 0. The van der Waals surface area contributed by atoms with Crippen molar-refractivity contribution in [1.29, 1.82) is 0 Å². The van der Waals surface area contributed by atoms with Crippen LogP contribution < -0.4 is 5.32 Å². The van der Waals surface area contributed by atoms with Crippen LogP contribution in [0.4, 0.5) is 10.1 Å². The largest absolute Gasteiger partial charge is 0.452 e. The summed E-state index contributed by atoms with van der Waals surface area (Å²) in [5, 5.41) is 2.45. The van der Waals surface area contributed by atoms with E-state index in [0.717, 1.165) is 0 Å². The fourth-order valence-corrected chi connectivity index (χ4v) is 3.00. The van der Waals surface area contributed by atoms with Gasteiger partial charge in [-0.15, -0.1) is 0 Å². The van der Waals surface area contributed by atoms with E-state index in [-0.39, 0.29) is 11.3 Å². The molecule has 1 N–H and O–H groups in total. The van der Waals surface area contributed by atoms with Gasteiger partial charge in [-0.25, -0.2) is 9.18 Å². The normalized spacial score (nSPS) is 11.6. The topological polar surface area (TPSA) is 72.5 Å². The molecular weight excluding hydrogens is 345 g/mol. The second kappa shape index (κ2) is 8.53. The van der Waals surface area contributed by atoms with E-state index in [9.17, 15) is 18.2 Å². The molecule has 0 saturated heterocycles. The third-order valence-electron chi connectivity index (χ3n) is 3.40. The summed E-state index contributed by atoms with van der Waals surface area (Å²) in [7, 11) is -1.32. The number of hydrogen-bond acceptors (Lipinski definition) is 4. The fourth-order valence-electron chi connectivity index (χ4n) is 2.07. The van der Waals surface area contributed by atoms with Gasteiger partial charge >= 0.3 is 5.97 Å². The molecule has 0 bridgehead atoms. The molecule has 0 aromatic heterocycles. The Labute approximate surface area is 147 Å². The van der Waals surface area contributed by atoms with E-state index < -0.39 is 35.1 Å². The number of benzene rings is 2. The zero-order chi connectivity index (χ0) is 18.4. The Hall–Kier alpha value is -2.54. The molecule has 5 nitrogen and oxygen atoms in total. The van der Waals surface area contributed by atoms with Crippen molar-refractivity contribution in [1.82, 2.24) is 0 Å². The van der Waals surface area contributed by atoms with Crippen molar-refractivity contribution in [2.24, 2.45) is 0 Å². The fraction of sp³-hybridized carbons (Fsp3) is 0.222. The molecule has 132 valence electrons. The summed E-state index contributed by atoms with van der Waals surface area (Å²) in [5.41, 5.74) is 0.901. The highest BCUT2D eigenvalue weighted by molar-refractivity contribution is 7.85. The summed E-state index contributed by atoms with van der Waals surface area (Å²) >= 11 is 0. The van der Waals surface area contributed by atoms with Gasteiger partial charge in [0.15, 0.2) is 6.61 Å². The van der Waals surface area contributed by atoms with Gasteiger partial charge in [0, 0.05) is 11.4 Å². The Bertz CT molecular complexity index is 822. The molecule has 0 radical (unpaired) electrons. The third-order valence-corrected chi connectivity index (χ3v) is 4.78. The van der Waals surface area contributed by atoms with Crippen molar-refractivity contribution in [2.75, 3.05) is 17.7 Å². The summed E-state index contributed by atoms with van der Waals surface area (Å²) in [5.74, 6) is -1.40. The van der Waals surface area contributed by atoms with Crippen LogP contribution in [-0.2, 0) is 20.3 Å². The van der Waals surface area contributed by atoms with E-state index in [4.69, 9.17) is 4.74 Å². The Morgan fingerprint density at radius 1 is 1.20 bits per heavy atom. The van der Waals surface area contributed by atoms with Gasteiger partial charge in [0.2, 0.25) is 0 Å². The number of carbonyl (C=O) groups is 2. The smallest absolute Gasteiger partial charge is 0.339 e. The standard InChI is InChI=1S/C18H18FNO4S/c1-3-25(23)16-7-5-4-6-14(16)18(22)24-11-17(21)20-13-9-8-12(2)15(19)10-13/h4-10H,3,11H2,1-2H3,(H,20,21)/t25-/m1/s1. The lowest BCUT2D eigenvalue weighted by Crippen LogP contribution is -2.21. The molecule has 7 heteroatoms. The van der Waals surface area contributed by atoms with Gasteiger partial charge < -0.3 is 10.1 Å². The summed E-state index contributed by atoms with van der Waals surface area (Å²) in [4.78, 5) is 24.4. The van der Waals surface area contributed by atoms with Gasteiger partial charge in [0.05, 0.1) is 21.3 Å². The van der Waals surface area contributed by atoms with Gasteiger partial charge in [0.1, 0.15) is 5.82 Å². The van der Waals surface area contributed by atoms with Crippen LogP contribution in [0.25, 0.3) is 0 Å². The lowest BCUT2D eigenvalue weighted by Gasteiger charge is -2.09. The molecule has 1 atom stereocenters. The van der Waals surface area contributed by atoms with Gasteiger partial charge in [-0.3, -0.25) is 9.00 Å². The number of nitrogens with one attached hydrogen (secondary N) is 1. The number of ether oxygens (including phenoxy) is 1. The molecule has 0 heterocycles. The first-order valence-corrected chi connectivity index (χ1v) is 8.94. The highest BCUT2D eigenvalue weighted by atomic mass is 32.2. The molecule has 0 saturated carbocycles. The molecule has 0 aliphatic rings.